The molecule has 0 unspecified atom stereocenters. The second-order valence-corrected chi connectivity index (χ2v) is 4.73. The largest absolute Gasteiger partial charge is 0.480 e. The van der Waals surface area contributed by atoms with E-state index in [0.29, 0.717) is 19.4 Å². The van der Waals surface area contributed by atoms with Gasteiger partial charge in [-0.25, -0.2) is 0 Å². The molecule has 1 aliphatic rings. The Morgan fingerprint density at radius 2 is 2.22 bits per heavy atom. The molecule has 2 rings (SSSR count). The highest BCUT2D eigenvalue weighted by molar-refractivity contribution is 6.02. The van der Waals surface area contributed by atoms with Crippen molar-refractivity contribution in [3.8, 4) is 0 Å². The van der Waals surface area contributed by atoms with Gasteiger partial charge in [-0.2, -0.15) is 0 Å². The van der Waals surface area contributed by atoms with E-state index in [1.54, 1.807) is 12.4 Å². The predicted octanol–water partition coefficient (Wildman–Crippen LogP) is 1.26. The first-order valence-electron chi connectivity index (χ1n) is 5.97. The summed E-state index contributed by atoms with van der Waals surface area (Å²) in [4.78, 5) is 27.1. The maximum absolute atomic E-state index is 12.0. The number of nitrogens with one attached hydrogen (secondary N) is 1. The third-order valence-corrected chi connectivity index (χ3v) is 3.63. The van der Waals surface area contributed by atoms with Gasteiger partial charge in [0.2, 0.25) is 5.91 Å². The molecular weight excluding hydrogens is 232 g/mol. The molecule has 1 aromatic heterocycles. The predicted molar refractivity (Wildman–Crippen MR) is 64.7 cm³/mol. The second-order valence-electron chi connectivity index (χ2n) is 4.73. The summed E-state index contributed by atoms with van der Waals surface area (Å²) in [5.74, 6) is -1.39. The van der Waals surface area contributed by atoms with Crippen LogP contribution in [0.15, 0.2) is 18.5 Å². The van der Waals surface area contributed by atoms with Gasteiger partial charge in [-0.15, -0.1) is 0 Å². The minimum atomic E-state index is -1.19. The molecular formula is C13H16N2O3. The Labute approximate surface area is 105 Å². The van der Waals surface area contributed by atoms with Gasteiger partial charge in [0, 0.05) is 18.9 Å². The van der Waals surface area contributed by atoms with Gasteiger partial charge in [-0.3, -0.25) is 14.6 Å². The first-order valence-corrected chi connectivity index (χ1v) is 5.97. The van der Waals surface area contributed by atoms with E-state index in [-0.39, 0.29) is 5.91 Å². The third-order valence-electron chi connectivity index (χ3n) is 3.63. The van der Waals surface area contributed by atoms with Gasteiger partial charge < -0.3 is 10.4 Å². The van der Waals surface area contributed by atoms with Gasteiger partial charge in [-0.1, -0.05) is 6.42 Å². The van der Waals surface area contributed by atoms with Gasteiger partial charge in [0.25, 0.3) is 0 Å². The molecule has 18 heavy (non-hydrogen) atoms. The number of carbonyl (C=O) groups is 2. The maximum Gasteiger partial charge on any atom is 0.319 e. The molecule has 96 valence electrons. The number of aromatic nitrogens is 1. The monoisotopic (exact) mass is 248 g/mol. The Hall–Kier alpha value is -1.91. The molecule has 0 radical (unpaired) electrons. The van der Waals surface area contributed by atoms with Gasteiger partial charge >= 0.3 is 5.97 Å². The van der Waals surface area contributed by atoms with Crippen molar-refractivity contribution < 1.29 is 14.7 Å². The van der Waals surface area contributed by atoms with E-state index < -0.39 is 11.4 Å². The number of carboxylic acid groups (broad SMARTS) is 1. The van der Waals surface area contributed by atoms with Crippen molar-refractivity contribution in [3.05, 3.63) is 29.6 Å². The highest BCUT2D eigenvalue weighted by atomic mass is 16.4. The summed E-state index contributed by atoms with van der Waals surface area (Å²) in [5, 5.41) is 11.9. The number of aliphatic carboxylic acids is 1. The molecule has 2 N–H and O–H groups in total. The van der Waals surface area contributed by atoms with Crippen LogP contribution in [0.3, 0.4) is 0 Å². The van der Waals surface area contributed by atoms with Crippen LogP contribution in [0.4, 0.5) is 0 Å². The fourth-order valence-corrected chi connectivity index (χ4v) is 2.11. The zero-order chi connectivity index (χ0) is 13.2. The standard InChI is InChI=1S/C13H16N2O3/c1-9-7-14-6-3-10(9)8-15-11(16)13(12(17)18)4-2-5-13/h3,6-7H,2,4-5,8H2,1H3,(H,15,16)(H,17,18). The lowest BCUT2D eigenvalue weighted by Crippen LogP contribution is -2.50. The SMILES string of the molecule is Cc1cnccc1CNC(=O)C1(C(=O)O)CCC1. The molecule has 0 spiro atoms. The van der Waals surface area contributed by atoms with E-state index in [1.165, 1.54) is 0 Å². The molecule has 5 heteroatoms. The van der Waals surface area contributed by atoms with Crippen molar-refractivity contribution >= 4 is 11.9 Å². The molecule has 0 aromatic carbocycles. The number of pyridine rings is 1. The summed E-state index contributed by atoms with van der Waals surface area (Å²) < 4.78 is 0. The zero-order valence-electron chi connectivity index (χ0n) is 10.3. The quantitative estimate of drug-likeness (QED) is 0.786. The van der Waals surface area contributed by atoms with Gasteiger partial charge in [0.05, 0.1) is 0 Å². The van der Waals surface area contributed by atoms with Gasteiger partial charge in [0.1, 0.15) is 5.41 Å². The number of carbonyl (C=O) groups excluding carboxylic acids is 1. The molecule has 1 saturated carbocycles. The Bertz CT molecular complexity index is 481. The summed E-state index contributed by atoms with van der Waals surface area (Å²) >= 11 is 0. The van der Waals surface area contributed by atoms with Crippen LogP contribution in [0.25, 0.3) is 0 Å². The normalized spacial score (nSPS) is 16.7. The average molecular weight is 248 g/mol. The lowest BCUT2D eigenvalue weighted by atomic mass is 9.68. The minimum absolute atomic E-state index is 0.349. The third kappa shape index (κ3) is 2.08. The zero-order valence-corrected chi connectivity index (χ0v) is 10.3. The van der Waals surface area contributed by atoms with Crippen LogP contribution in [0, 0.1) is 12.3 Å². The van der Waals surface area contributed by atoms with Crippen LogP contribution in [0.1, 0.15) is 30.4 Å². The number of carboxylic acids is 1. The van der Waals surface area contributed by atoms with Crippen molar-refractivity contribution in [1.82, 2.24) is 10.3 Å². The Morgan fingerprint density at radius 3 is 2.72 bits per heavy atom. The van der Waals surface area contributed by atoms with Crippen LogP contribution in [0.5, 0.6) is 0 Å². The Balaban J connectivity index is 2.01. The lowest BCUT2D eigenvalue weighted by Gasteiger charge is -2.35. The number of hydrogen-bond acceptors (Lipinski definition) is 3. The first-order chi connectivity index (χ1) is 8.56. The smallest absolute Gasteiger partial charge is 0.319 e. The fraction of sp³-hybridized carbons (Fsp3) is 0.462. The maximum atomic E-state index is 12.0. The van der Waals surface area contributed by atoms with Crippen LogP contribution in [-0.2, 0) is 16.1 Å². The summed E-state index contributed by atoms with van der Waals surface area (Å²) in [5.41, 5.74) is 0.745. The summed E-state index contributed by atoms with van der Waals surface area (Å²) in [6.07, 6.45) is 5.05. The molecule has 1 aromatic rings. The molecule has 0 bridgehead atoms. The molecule has 1 amide bonds. The summed E-state index contributed by atoms with van der Waals surface area (Å²) in [6, 6.07) is 1.82. The van der Waals surface area contributed by atoms with Crippen molar-refractivity contribution in [2.75, 3.05) is 0 Å². The highest BCUT2D eigenvalue weighted by Crippen LogP contribution is 2.41. The fourth-order valence-electron chi connectivity index (χ4n) is 2.11. The minimum Gasteiger partial charge on any atom is -0.480 e. The van der Waals surface area contributed by atoms with Crippen LogP contribution in [0.2, 0.25) is 0 Å². The van der Waals surface area contributed by atoms with Crippen LogP contribution >= 0.6 is 0 Å². The number of rotatable bonds is 4. The first kappa shape index (κ1) is 12.5. The Kier molecular flexibility index (Phi) is 3.32. The second kappa shape index (κ2) is 4.76. The summed E-state index contributed by atoms with van der Waals surface area (Å²) in [7, 11) is 0. The van der Waals surface area contributed by atoms with E-state index in [1.807, 2.05) is 13.0 Å². The number of nitrogens with zero attached hydrogens (tertiary/aromatic N) is 1. The van der Waals surface area contributed by atoms with Crippen molar-refractivity contribution in [2.24, 2.45) is 5.41 Å². The van der Waals surface area contributed by atoms with Crippen LogP contribution < -0.4 is 5.32 Å². The Morgan fingerprint density at radius 1 is 1.50 bits per heavy atom. The van der Waals surface area contributed by atoms with Gasteiger partial charge in [0.15, 0.2) is 0 Å². The summed E-state index contributed by atoms with van der Waals surface area (Å²) in [6.45, 7) is 2.26. The molecule has 5 nitrogen and oxygen atoms in total. The van der Waals surface area contributed by atoms with Crippen molar-refractivity contribution in [3.63, 3.8) is 0 Å². The van der Waals surface area contributed by atoms with Crippen LogP contribution in [-0.4, -0.2) is 22.0 Å². The molecule has 1 heterocycles. The molecule has 0 atom stereocenters. The van der Waals surface area contributed by atoms with Crippen molar-refractivity contribution in [1.29, 1.82) is 0 Å². The van der Waals surface area contributed by atoms with Crippen molar-refractivity contribution in [2.45, 2.75) is 32.7 Å². The molecule has 0 aliphatic heterocycles. The lowest BCUT2D eigenvalue weighted by molar-refractivity contribution is -0.162. The van der Waals surface area contributed by atoms with E-state index >= 15 is 0 Å². The topological polar surface area (TPSA) is 79.3 Å². The number of amides is 1. The molecule has 1 fully saturated rings. The number of hydrogen-bond donors (Lipinski definition) is 2. The molecule has 1 aliphatic carbocycles. The molecule has 0 saturated heterocycles. The van der Waals surface area contributed by atoms with E-state index in [2.05, 4.69) is 10.3 Å². The van der Waals surface area contributed by atoms with E-state index in [0.717, 1.165) is 17.5 Å². The van der Waals surface area contributed by atoms with E-state index in [4.69, 9.17) is 5.11 Å². The average Bonchev–Trinajstić information content (AvgIpc) is 2.26. The highest BCUT2D eigenvalue weighted by Gasteiger charge is 2.50. The number of aryl methyl sites for hydroxylation is 1. The van der Waals surface area contributed by atoms with Gasteiger partial charge in [-0.05, 0) is 37.0 Å². The van der Waals surface area contributed by atoms with E-state index in [9.17, 15) is 9.59 Å².